The van der Waals surface area contributed by atoms with Gasteiger partial charge in [0.15, 0.2) is 0 Å². The first-order valence-corrected chi connectivity index (χ1v) is 6.42. The van der Waals surface area contributed by atoms with Crippen LogP contribution in [0.4, 0.5) is 0 Å². The van der Waals surface area contributed by atoms with Gasteiger partial charge < -0.3 is 5.11 Å². The molecule has 0 bridgehead atoms. The monoisotopic (exact) mass is 257 g/mol. The number of likely N-dealkylation sites (tertiary alicyclic amines) is 1. The Hall–Kier alpha value is -1.94. The summed E-state index contributed by atoms with van der Waals surface area (Å²) in [5.41, 5.74) is 0.922. The molecular formula is C15H15NO3. The fourth-order valence-electron chi connectivity index (χ4n) is 2.85. The van der Waals surface area contributed by atoms with Crippen molar-refractivity contribution in [1.29, 1.82) is 0 Å². The van der Waals surface area contributed by atoms with E-state index in [0.29, 0.717) is 6.42 Å². The standard InChI is InChI=1S/C15H15NO3/c17-12-8-4-7-11-13(12)15(19)16(14(11)18)9-10-5-2-1-3-6-10/h1-6,8,11-13,17H,7,9H2/t11-,12+,13-/m0/s1. The molecule has 98 valence electrons. The number of hydrogen-bond donors (Lipinski definition) is 1. The first-order chi connectivity index (χ1) is 9.18. The van der Waals surface area contributed by atoms with E-state index in [0.717, 1.165) is 5.56 Å². The normalized spacial score (nSPS) is 29.7. The molecule has 4 heteroatoms. The average molecular weight is 257 g/mol. The highest BCUT2D eigenvalue weighted by Gasteiger charge is 2.50. The van der Waals surface area contributed by atoms with E-state index in [-0.39, 0.29) is 18.4 Å². The fraction of sp³-hybridized carbons (Fsp3) is 0.333. The van der Waals surface area contributed by atoms with Gasteiger partial charge in [0, 0.05) is 0 Å². The second-order valence-electron chi connectivity index (χ2n) is 5.03. The lowest BCUT2D eigenvalue weighted by atomic mass is 9.83. The van der Waals surface area contributed by atoms with E-state index in [1.165, 1.54) is 4.90 Å². The summed E-state index contributed by atoms with van der Waals surface area (Å²) in [6.07, 6.45) is 3.09. The predicted molar refractivity (Wildman–Crippen MR) is 68.7 cm³/mol. The quantitative estimate of drug-likeness (QED) is 0.638. The number of carbonyl (C=O) groups is 2. The highest BCUT2D eigenvalue weighted by atomic mass is 16.3. The van der Waals surface area contributed by atoms with Crippen LogP contribution in [0.5, 0.6) is 0 Å². The summed E-state index contributed by atoms with van der Waals surface area (Å²) in [4.78, 5) is 25.8. The van der Waals surface area contributed by atoms with E-state index in [1.807, 2.05) is 30.3 Å². The molecule has 1 aromatic rings. The lowest BCUT2D eigenvalue weighted by Gasteiger charge is -2.21. The maximum Gasteiger partial charge on any atom is 0.236 e. The van der Waals surface area contributed by atoms with Crippen LogP contribution in [0.3, 0.4) is 0 Å². The Morgan fingerprint density at radius 2 is 1.89 bits per heavy atom. The van der Waals surface area contributed by atoms with Gasteiger partial charge in [0.25, 0.3) is 0 Å². The third-order valence-corrected chi connectivity index (χ3v) is 3.84. The topological polar surface area (TPSA) is 57.6 Å². The summed E-state index contributed by atoms with van der Waals surface area (Å²) >= 11 is 0. The van der Waals surface area contributed by atoms with Crippen molar-refractivity contribution in [1.82, 2.24) is 4.90 Å². The van der Waals surface area contributed by atoms with Crippen LogP contribution in [0.2, 0.25) is 0 Å². The van der Waals surface area contributed by atoms with Crippen LogP contribution < -0.4 is 0 Å². The van der Waals surface area contributed by atoms with Crippen molar-refractivity contribution >= 4 is 11.8 Å². The van der Waals surface area contributed by atoms with Crippen molar-refractivity contribution in [2.75, 3.05) is 0 Å². The molecular weight excluding hydrogens is 242 g/mol. The molecule has 1 fully saturated rings. The Kier molecular flexibility index (Phi) is 2.95. The number of hydrogen-bond acceptors (Lipinski definition) is 3. The minimum Gasteiger partial charge on any atom is -0.388 e. The number of imide groups is 1. The molecule has 0 unspecified atom stereocenters. The third kappa shape index (κ3) is 1.98. The van der Waals surface area contributed by atoms with E-state index >= 15 is 0 Å². The number of carbonyl (C=O) groups excluding carboxylic acids is 2. The van der Waals surface area contributed by atoms with Crippen molar-refractivity contribution in [2.24, 2.45) is 11.8 Å². The summed E-state index contributed by atoms with van der Waals surface area (Å²) in [6.45, 7) is 0.290. The Morgan fingerprint density at radius 1 is 1.16 bits per heavy atom. The van der Waals surface area contributed by atoms with E-state index < -0.39 is 17.9 Å². The number of amides is 2. The lowest BCUT2D eigenvalue weighted by molar-refractivity contribution is -0.141. The molecule has 1 saturated heterocycles. The minimum absolute atomic E-state index is 0.165. The molecule has 1 aliphatic carbocycles. The molecule has 19 heavy (non-hydrogen) atoms. The molecule has 0 spiro atoms. The zero-order valence-corrected chi connectivity index (χ0v) is 10.4. The Labute approximate surface area is 111 Å². The van der Waals surface area contributed by atoms with Gasteiger partial charge in [0.2, 0.25) is 11.8 Å². The average Bonchev–Trinajstić information content (AvgIpc) is 2.66. The third-order valence-electron chi connectivity index (χ3n) is 3.84. The molecule has 3 atom stereocenters. The highest BCUT2D eigenvalue weighted by Crippen LogP contribution is 2.35. The van der Waals surface area contributed by atoms with Crippen LogP contribution in [-0.4, -0.2) is 27.9 Å². The number of allylic oxidation sites excluding steroid dienone is 1. The zero-order valence-electron chi connectivity index (χ0n) is 10.4. The minimum atomic E-state index is -0.837. The number of benzene rings is 1. The van der Waals surface area contributed by atoms with E-state index in [2.05, 4.69) is 0 Å². The van der Waals surface area contributed by atoms with Gasteiger partial charge in [-0.15, -0.1) is 0 Å². The van der Waals surface area contributed by atoms with Crippen LogP contribution in [0, 0.1) is 11.8 Å². The van der Waals surface area contributed by atoms with E-state index in [1.54, 1.807) is 12.2 Å². The Balaban J connectivity index is 1.85. The van der Waals surface area contributed by atoms with Gasteiger partial charge in [-0.2, -0.15) is 0 Å². The molecule has 0 aromatic heterocycles. The van der Waals surface area contributed by atoms with Gasteiger partial charge in [-0.1, -0.05) is 42.5 Å². The molecule has 1 heterocycles. The van der Waals surface area contributed by atoms with Crippen molar-refractivity contribution in [3.05, 3.63) is 48.0 Å². The number of rotatable bonds is 2. The summed E-state index contributed by atoms with van der Waals surface area (Å²) in [6, 6.07) is 9.42. The first-order valence-electron chi connectivity index (χ1n) is 6.42. The predicted octanol–water partition coefficient (Wildman–Crippen LogP) is 1.11. The van der Waals surface area contributed by atoms with Crippen molar-refractivity contribution < 1.29 is 14.7 Å². The maximum atomic E-state index is 12.3. The zero-order chi connectivity index (χ0) is 13.4. The van der Waals surface area contributed by atoms with Gasteiger partial charge in [0.05, 0.1) is 24.5 Å². The molecule has 1 N–H and O–H groups in total. The fourth-order valence-corrected chi connectivity index (χ4v) is 2.85. The molecule has 2 aliphatic rings. The van der Waals surface area contributed by atoms with Gasteiger partial charge in [-0.05, 0) is 12.0 Å². The smallest absolute Gasteiger partial charge is 0.236 e. The van der Waals surface area contributed by atoms with Crippen LogP contribution in [0.1, 0.15) is 12.0 Å². The van der Waals surface area contributed by atoms with Gasteiger partial charge in [0.1, 0.15) is 0 Å². The molecule has 2 amide bonds. The Morgan fingerprint density at radius 3 is 2.58 bits per heavy atom. The van der Waals surface area contributed by atoms with Gasteiger partial charge in [-0.3, -0.25) is 14.5 Å². The van der Waals surface area contributed by atoms with Crippen LogP contribution in [0.25, 0.3) is 0 Å². The molecule has 0 saturated carbocycles. The molecule has 4 nitrogen and oxygen atoms in total. The second-order valence-corrected chi connectivity index (χ2v) is 5.03. The molecule has 1 aromatic carbocycles. The lowest BCUT2D eigenvalue weighted by Crippen LogP contribution is -2.33. The van der Waals surface area contributed by atoms with Crippen LogP contribution in [-0.2, 0) is 16.1 Å². The van der Waals surface area contributed by atoms with Crippen LogP contribution in [0.15, 0.2) is 42.5 Å². The summed E-state index contributed by atoms with van der Waals surface area (Å²) in [5.74, 6) is -1.41. The van der Waals surface area contributed by atoms with Crippen molar-refractivity contribution in [3.8, 4) is 0 Å². The summed E-state index contributed by atoms with van der Waals surface area (Å²) in [7, 11) is 0. The number of aliphatic hydroxyl groups excluding tert-OH is 1. The largest absolute Gasteiger partial charge is 0.388 e. The Bertz CT molecular complexity index is 538. The van der Waals surface area contributed by atoms with Crippen molar-refractivity contribution in [2.45, 2.75) is 19.1 Å². The van der Waals surface area contributed by atoms with Crippen molar-refractivity contribution in [3.63, 3.8) is 0 Å². The summed E-state index contributed by atoms with van der Waals surface area (Å²) < 4.78 is 0. The van der Waals surface area contributed by atoms with Crippen LogP contribution >= 0.6 is 0 Å². The van der Waals surface area contributed by atoms with E-state index in [9.17, 15) is 14.7 Å². The van der Waals surface area contributed by atoms with Gasteiger partial charge in [-0.25, -0.2) is 0 Å². The number of nitrogens with zero attached hydrogens (tertiary/aromatic N) is 1. The summed E-state index contributed by atoms with van der Waals surface area (Å²) in [5, 5.41) is 9.86. The SMILES string of the molecule is O=C1[C@@H]2[C@H](O)C=CC[C@@H]2C(=O)N1Cc1ccccc1. The molecule has 1 aliphatic heterocycles. The van der Waals surface area contributed by atoms with Gasteiger partial charge >= 0.3 is 0 Å². The molecule has 0 radical (unpaired) electrons. The second kappa shape index (κ2) is 4.63. The number of fused-ring (bicyclic) bond motifs is 1. The number of aliphatic hydroxyl groups is 1. The van der Waals surface area contributed by atoms with E-state index in [4.69, 9.17) is 0 Å². The first kappa shape index (κ1) is 12.1. The maximum absolute atomic E-state index is 12.3. The highest BCUT2D eigenvalue weighted by molar-refractivity contribution is 6.05. The molecule has 3 rings (SSSR count).